The van der Waals surface area contributed by atoms with Gasteiger partial charge in [-0.3, -0.25) is 0 Å². The van der Waals surface area contributed by atoms with Crippen LogP contribution in [-0.4, -0.2) is 12.7 Å². The van der Waals surface area contributed by atoms with Crippen LogP contribution in [0.25, 0.3) is 0 Å². The number of rotatable bonds is 4. The van der Waals surface area contributed by atoms with Gasteiger partial charge in [-0.25, -0.2) is 9.78 Å². The lowest BCUT2D eigenvalue weighted by molar-refractivity contribution is -0.295. The molecular formula is C6H10O2. The van der Waals surface area contributed by atoms with Gasteiger partial charge in [0.05, 0.1) is 6.10 Å². The Hall–Kier alpha value is -0.340. The van der Waals surface area contributed by atoms with Crippen LogP contribution in [0.5, 0.6) is 0 Å². The van der Waals surface area contributed by atoms with E-state index in [0.717, 1.165) is 12.8 Å². The van der Waals surface area contributed by atoms with E-state index in [2.05, 4.69) is 11.5 Å². The highest BCUT2D eigenvalue weighted by Gasteiger charge is 2.23. The Labute approximate surface area is 49.0 Å². The summed E-state index contributed by atoms with van der Waals surface area (Å²) in [4.78, 5) is 9.51. The van der Waals surface area contributed by atoms with E-state index in [1.807, 2.05) is 0 Å². The molecule has 1 aliphatic rings. The van der Waals surface area contributed by atoms with Gasteiger partial charge in [0.1, 0.15) is 6.61 Å². The Balaban J connectivity index is 1.80. The topological polar surface area (TPSA) is 18.5 Å². The molecule has 0 atom stereocenters. The number of hydrogen-bond donors (Lipinski definition) is 0. The maximum Gasteiger partial charge on any atom is 0.100 e. The van der Waals surface area contributed by atoms with Gasteiger partial charge in [0.15, 0.2) is 0 Å². The highest BCUT2D eigenvalue weighted by molar-refractivity contribution is 4.71. The molecule has 0 radical (unpaired) electrons. The van der Waals surface area contributed by atoms with E-state index in [-0.39, 0.29) is 0 Å². The molecular weight excluding hydrogens is 104 g/mol. The third-order valence-electron chi connectivity index (χ3n) is 0.914. The SMILES string of the molecule is C=CCOOC1CC1. The first-order valence-electron chi connectivity index (χ1n) is 2.82. The molecule has 0 aromatic carbocycles. The van der Waals surface area contributed by atoms with Crippen molar-refractivity contribution in [1.82, 2.24) is 0 Å². The van der Waals surface area contributed by atoms with E-state index in [1.54, 1.807) is 6.08 Å². The highest BCUT2D eigenvalue weighted by Crippen LogP contribution is 2.23. The lowest BCUT2D eigenvalue weighted by Gasteiger charge is -1.95. The minimum Gasteiger partial charge on any atom is -0.233 e. The molecule has 8 heavy (non-hydrogen) atoms. The van der Waals surface area contributed by atoms with Crippen molar-refractivity contribution in [1.29, 1.82) is 0 Å². The maximum atomic E-state index is 4.82. The molecule has 0 heterocycles. The Bertz CT molecular complexity index is 76.6. The smallest absolute Gasteiger partial charge is 0.100 e. The summed E-state index contributed by atoms with van der Waals surface area (Å²) in [7, 11) is 0. The van der Waals surface area contributed by atoms with Gasteiger partial charge in [-0.1, -0.05) is 6.08 Å². The van der Waals surface area contributed by atoms with E-state index in [0.29, 0.717) is 12.7 Å². The molecule has 0 spiro atoms. The van der Waals surface area contributed by atoms with Crippen molar-refractivity contribution in [3.05, 3.63) is 12.7 Å². The first kappa shape index (κ1) is 5.79. The Kier molecular flexibility index (Phi) is 2.06. The molecule has 0 saturated heterocycles. The fourth-order valence-corrected chi connectivity index (χ4v) is 0.348. The quantitative estimate of drug-likeness (QED) is 0.237. The zero-order chi connectivity index (χ0) is 5.82. The van der Waals surface area contributed by atoms with Gasteiger partial charge in [0.25, 0.3) is 0 Å². The van der Waals surface area contributed by atoms with Gasteiger partial charge in [-0.2, -0.15) is 0 Å². The second-order valence-electron chi connectivity index (χ2n) is 1.87. The summed E-state index contributed by atoms with van der Waals surface area (Å²) >= 11 is 0. The van der Waals surface area contributed by atoms with Gasteiger partial charge in [-0.15, -0.1) is 6.58 Å². The van der Waals surface area contributed by atoms with Gasteiger partial charge in [-0.05, 0) is 12.8 Å². The summed E-state index contributed by atoms with van der Waals surface area (Å²) in [6, 6.07) is 0. The fraction of sp³-hybridized carbons (Fsp3) is 0.667. The van der Waals surface area contributed by atoms with Crippen LogP contribution in [0.4, 0.5) is 0 Å². The van der Waals surface area contributed by atoms with Gasteiger partial charge >= 0.3 is 0 Å². The molecule has 1 aliphatic carbocycles. The van der Waals surface area contributed by atoms with Crippen LogP contribution in [0, 0.1) is 0 Å². The largest absolute Gasteiger partial charge is 0.233 e. The Morgan fingerprint density at radius 3 is 2.88 bits per heavy atom. The third-order valence-corrected chi connectivity index (χ3v) is 0.914. The van der Waals surface area contributed by atoms with E-state index in [4.69, 9.17) is 4.89 Å². The van der Waals surface area contributed by atoms with E-state index >= 15 is 0 Å². The predicted molar refractivity (Wildman–Crippen MR) is 30.3 cm³/mol. The molecule has 0 aromatic rings. The van der Waals surface area contributed by atoms with Crippen LogP contribution >= 0.6 is 0 Å². The Morgan fingerprint density at radius 2 is 2.38 bits per heavy atom. The monoisotopic (exact) mass is 114 g/mol. The van der Waals surface area contributed by atoms with E-state index in [1.165, 1.54) is 0 Å². The molecule has 0 aromatic heterocycles. The van der Waals surface area contributed by atoms with Gasteiger partial charge in [0.2, 0.25) is 0 Å². The second-order valence-corrected chi connectivity index (χ2v) is 1.87. The summed E-state index contributed by atoms with van der Waals surface area (Å²) in [5.41, 5.74) is 0. The number of hydrogen-bond acceptors (Lipinski definition) is 2. The van der Waals surface area contributed by atoms with Crippen LogP contribution in [0.3, 0.4) is 0 Å². The molecule has 0 N–H and O–H groups in total. The highest BCUT2D eigenvalue weighted by atomic mass is 17.2. The minimum atomic E-state index is 0.384. The summed E-state index contributed by atoms with van der Waals surface area (Å²) in [6.45, 7) is 3.97. The van der Waals surface area contributed by atoms with Crippen LogP contribution in [-0.2, 0) is 9.78 Å². The lowest BCUT2D eigenvalue weighted by Crippen LogP contribution is -1.94. The van der Waals surface area contributed by atoms with Crippen molar-refractivity contribution < 1.29 is 9.78 Å². The molecule has 0 aliphatic heterocycles. The zero-order valence-electron chi connectivity index (χ0n) is 4.80. The van der Waals surface area contributed by atoms with Crippen molar-refractivity contribution >= 4 is 0 Å². The molecule has 2 heteroatoms. The standard InChI is InChI=1S/C6H10O2/c1-2-5-7-8-6-3-4-6/h2,6H,1,3-5H2. The minimum absolute atomic E-state index is 0.384. The lowest BCUT2D eigenvalue weighted by atomic mass is 10.7. The molecule has 1 fully saturated rings. The molecule has 0 amide bonds. The summed E-state index contributed by atoms with van der Waals surface area (Å²) in [5.74, 6) is 0. The normalized spacial score (nSPS) is 18.5. The van der Waals surface area contributed by atoms with Crippen molar-refractivity contribution in [2.45, 2.75) is 18.9 Å². The van der Waals surface area contributed by atoms with Crippen molar-refractivity contribution in [3.63, 3.8) is 0 Å². The molecule has 0 bridgehead atoms. The molecule has 1 rings (SSSR count). The first-order valence-corrected chi connectivity index (χ1v) is 2.82. The summed E-state index contributed by atoms with van der Waals surface area (Å²) < 4.78 is 0. The molecule has 46 valence electrons. The average molecular weight is 114 g/mol. The van der Waals surface area contributed by atoms with Crippen molar-refractivity contribution in [2.24, 2.45) is 0 Å². The van der Waals surface area contributed by atoms with E-state index in [9.17, 15) is 0 Å². The summed E-state index contributed by atoms with van der Waals surface area (Å²) in [6.07, 6.45) is 4.35. The third kappa shape index (κ3) is 2.09. The van der Waals surface area contributed by atoms with Crippen molar-refractivity contribution in [2.75, 3.05) is 6.61 Å². The van der Waals surface area contributed by atoms with Crippen LogP contribution in [0.15, 0.2) is 12.7 Å². The zero-order valence-corrected chi connectivity index (χ0v) is 4.80. The molecule has 2 nitrogen and oxygen atoms in total. The van der Waals surface area contributed by atoms with E-state index < -0.39 is 0 Å². The van der Waals surface area contributed by atoms with Gasteiger partial charge < -0.3 is 0 Å². The summed E-state index contributed by atoms with van der Waals surface area (Å²) in [5, 5.41) is 0. The molecule has 1 saturated carbocycles. The van der Waals surface area contributed by atoms with Crippen LogP contribution < -0.4 is 0 Å². The molecule has 0 unspecified atom stereocenters. The van der Waals surface area contributed by atoms with Crippen LogP contribution in [0.1, 0.15) is 12.8 Å². The fourth-order valence-electron chi connectivity index (χ4n) is 0.348. The van der Waals surface area contributed by atoms with Gasteiger partial charge in [0, 0.05) is 0 Å². The second kappa shape index (κ2) is 2.84. The van der Waals surface area contributed by atoms with Crippen LogP contribution in [0.2, 0.25) is 0 Å². The van der Waals surface area contributed by atoms with Crippen molar-refractivity contribution in [3.8, 4) is 0 Å². The first-order chi connectivity index (χ1) is 3.93. The average Bonchev–Trinajstić information content (AvgIpc) is 2.51. The Morgan fingerprint density at radius 1 is 1.62 bits per heavy atom. The predicted octanol–water partition coefficient (Wildman–Crippen LogP) is 1.28. The maximum absolute atomic E-state index is 4.82.